The number of benzene rings is 3. The van der Waals surface area contributed by atoms with E-state index in [9.17, 15) is 5.11 Å². The Balaban J connectivity index is 2.04. The third kappa shape index (κ3) is 4.18. The van der Waals surface area contributed by atoms with E-state index in [2.05, 4.69) is 137 Å². The molecule has 7 heteroatoms. The molecule has 0 unspecified atom stereocenters. The third-order valence-electron chi connectivity index (χ3n) is 3.43. The molecule has 0 saturated carbocycles. The van der Waals surface area contributed by atoms with Crippen LogP contribution in [0.2, 0.25) is 0 Å². The summed E-state index contributed by atoms with van der Waals surface area (Å²) >= 11 is 11.3. The van der Waals surface area contributed by atoms with Crippen LogP contribution in [0.4, 0.5) is 0 Å². The summed E-state index contributed by atoms with van der Waals surface area (Å²) in [7, 11) is 0. The van der Waals surface area contributed by atoms with E-state index in [-0.39, 0.29) is 0 Å². The zero-order valence-electron chi connectivity index (χ0n) is 11.9. The van der Waals surface area contributed by atoms with Gasteiger partial charge in [-0.15, -0.1) is 0 Å². The van der Waals surface area contributed by atoms with Gasteiger partial charge in [0.2, 0.25) is 0 Å². The molecule has 0 aliphatic rings. The standard InChI is InChI=1S/C17H9I5O2/c18-9-3-1-2-8(4-9)7-24-17-13(20)6-10-11(15(17)22)5-12(19)16(23)14(10)21/h1-6,23H,7H2. The van der Waals surface area contributed by atoms with Gasteiger partial charge in [-0.1, -0.05) is 12.1 Å². The molecule has 0 spiro atoms. The normalized spacial score (nSPS) is 11.0. The van der Waals surface area contributed by atoms with Gasteiger partial charge in [0.05, 0.1) is 14.3 Å². The topological polar surface area (TPSA) is 29.5 Å². The van der Waals surface area contributed by atoms with Crippen LogP contribution in [0, 0.1) is 17.9 Å². The minimum absolute atomic E-state index is 0.350. The van der Waals surface area contributed by atoms with Gasteiger partial charge in [-0.25, -0.2) is 0 Å². The smallest absolute Gasteiger partial charge is 0.147 e. The van der Waals surface area contributed by atoms with E-state index >= 15 is 0 Å². The molecule has 0 amide bonds. The lowest BCUT2D eigenvalue weighted by molar-refractivity contribution is 0.302. The predicted molar refractivity (Wildman–Crippen MR) is 140 cm³/mol. The number of rotatable bonds is 3. The Kier molecular flexibility index (Phi) is 7.02. The summed E-state index contributed by atoms with van der Waals surface area (Å²) in [5, 5.41) is 12.4. The van der Waals surface area contributed by atoms with Crippen molar-refractivity contribution < 1.29 is 9.84 Å². The first-order valence-electron chi connectivity index (χ1n) is 6.74. The molecule has 0 atom stereocenters. The molecule has 0 aromatic heterocycles. The van der Waals surface area contributed by atoms with Gasteiger partial charge in [0.1, 0.15) is 18.1 Å². The van der Waals surface area contributed by atoms with E-state index in [1.54, 1.807) is 0 Å². The van der Waals surface area contributed by atoms with Crippen molar-refractivity contribution in [3.8, 4) is 11.5 Å². The number of aromatic hydroxyl groups is 1. The van der Waals surface area contributed by atoms with Crippen LogP contribution in [0.1, 0.15) is 5.56 Å². The van der Waals surface area contributed by atoms with Crippen LogP contribution in [0.3, 0.4) is 0 Å². The highest BCUT2D eigenvalue weighted by atomic mass is 127. The second-order valence-corrected chi connectivity index (χ2v) is 10.8. The summed E-state index contributed by atoms with van der Waals surface area (Å²) in [5.41, 5.74) is 1.16. The first-order chi connectivity index (χ1) is 11.4. The van der Waals surface area contributed by atoms with Crippen LogP contribution in [0.25, 0.3) is 10.8 Å². The van der Waals surface area contributed by atoms with Crippen LogP contribution in [0.5, 0.6) is 11.5 Å². The molecule has 0 heterocycles. The van der Waals surface area contributed by atoms with Crippen LogP contribution >= 0.6 is 113 Å². The van der Waals surface area contributed by atoms with E-state index in [4.69, 9.17) is 4.74 Å². The first-order valence-corrected chi connectivity index (χ1v) is 12.1. The number of hydrogen-bond donors (Lipinski definition) is 1. The number of halogens is 5. The van der Waals surface area contributed by atoms with Crippen molar-refractivity contribution in [2.45, 2.75) is 6.61 Å². The maximum absolute atomic E-state index is 10.2. The number of ether oxygens (including phenoxy) is 1. The average molecular weight is 880 g/mol. The van der Waals surface area contributed by atoms with E-state index < -0.39 is 0 Å². The van der Waals surface area contributed by atoms with Crippen molar-refractivity contribution in [3.05, 3.63) is 59.8 Å². The lowest BCUT2D eigenvalue weighted by Crippen LogP contribution is -2.00. The molecule has 0 aliphatic heterocycles. The largest absolute Gasteiger partial charge is 0.506 e. The minimum atomic E-state index is 0.350. The Morgan fingerprint density at radius 1 is 0.833 bits per heavy atom. The number of phenolic OH excluding ortho intramolecular Hbond substituents is 1. The van der Waals surface area contributed by atoms with Crippen molar-refractivity contribution in [3.63, 3.8) is 0 Å². The van der Waals surface area contributed by atoms with Gasteiger partial charge >= 0.3 is 0 Å². The molecule has 3 aromatic rings. The monoisotopic (exact) mass is 880 g/mol. The quantitative estimate of drug-likeness (QED) is 0.284. The van der Waals surface area contributed by atoms with Gasteiger partial charge in [-0.3, -0.25) is 0 Å². The molecule has 2 nitrogen and oxygen atoms in total. The van der Waals surface area contributed by atoms with Gasteiger partial charge in [-0.05, 0) is 143 Å². The summed E-state index contributed by atoms with van der Waals surface area (Å²) in [6, 6.07) is 12.4. The maximum atomic E-state index is 10.2. The van der Waals surface area contributed by atoms with E-state index in [1.165, 1.54) is 3.57 Å². The fraction of sp³-hybridized carbons (Fsp3) is 0.0588. The lowest BCUT2D eigenvalue weighted by atomic mass is 10.1. The van der Waals surface area contributed by atoms with Crippen LogP contribution in [0.15, 0.2) is 36.4 Å². The molecular formula is C17H9I5O2. The zero-order valence-corrected chi connectivity index (χ0v) is 22.7. The Morgan fingerprint density at radius 2 is 1.50 bits per heavy atom. The Hall–Kier alpha value is 1.17. The average Bonchev–Trinajstić information content (AvgIpc) is 2.54. The highest BCUT2D eigenvalue weighted by Crippen LogP contribution is 2.40. The number of phenols is 1. The van der Waals surface area contributed by atoms with Crippen molar-refractivity contribution in [1.82, 2.24) is 0 Å². The van der Waals surface area contributed by atoms with Crippen LogP contribution in [-0.4, -0.2) is 5.11 Å². The number of fused-ring (bicyclic) bond motifs is 1. The summed E-state index contributed by atoms with van der Waals surface area (Å²) in [5.74, 6) is 1.25. The van der Waals surface area contributed by atoms with E-state index in [0.29, 0.717) is 12.4 Å². The van der Waals surface area contributed by atoms with Crippen LogP contribution < -0.4 is 4.74 Å². The summed E-state index contributed by atoms with van der Waals surface area (Å²) in [4.78, 5) is 0. The Labute approximate surface area is 208 Å². The fourth-order valence-corrected chi connectivity index (χ4v) is 6.87. The van der Waals surface area contributed by atoms with Gasteiger partial charge in [0.25, 0.3) is 0 Å². The van der Waals surface area contributed by atoms with Crippen molar-refractivity contribution in [1.29, 1.82) is 0 Å². The molecular weight excluding hydrogens is 871 g/mol. The molecule has 124 valence electrons. The highest BCUT2D eigenvalue weighted by molar-refractivity contribution is 14.1. The van der Waals surface area contributed by atoms with Gasteiger partial charge < -0.3 is 9.84 Å². The van der Waals surface area contributed by atoms with Crippen molar-refractivity contribution in [2.75, 3.05) is 0 Å². The molecule has 3 rings (SSSR count). The first kappa shape index (κ1) is 19.9. The predicted octanol–water partition coefficient (Wildman–Crippen LogP) is 7.15. The SMILES string of the molecule is Oc1c(I)cc2c(I)c(OCc3cccc(I)c3)c(I)cc2c1I. The van der Waals surface area contributed by atoms with Gasteiger partial charge in [0.15, 0.2) is 0 Å². The minimum Gasteiger partial charge on any atom is -0.506 e. The molecule has 0 bridgehead atoms. The summed E-state index contributed by atoms with van der Waals surface area (Å²) < 4.78 is 11.2. The number of hydrogen-bond acceptors (Lipinski definition) is 2. The Bertz CT molecular complexity index is 940. The van der Waals surface area contributed by atoms with Crippen LogP contribution in [-0.2, 0) is 6.61 Å². The lowest BCUT2D eigenvalue weighted by Gasteiger charge is -2.15. The second kappa shape index (κ2) is 8.46. The van der Waals surface area contributed by atoms with Crippen molar-refractivity contribution >= 4 is 124 Å². The third-order valence-corrected chi connectivity index (χ3v) is 7.89. The fourth-order valence-electron chi connectivity index (χ4n) is 2.28. The maximum Gasteiger partial charge on any atom is 0.147 e. The second-order valence-electron chi connectivity index (χ2n) is 5.04. The van der Waals surface area contributed by atoms with Gasteiger partial charge in [0, 0.05) is 14.3 Å². The molecule has 1 N–H and O–H groups in total. The Morgan fingerprint density at radius 3 is 2.21 bits per heavy atom. The molecule has 0 aliphatic carbocycles. The summed E-state index contributed by atoms with van der Waals surface area (Å²) in [6.07, 6.45) is 0. The molecule has 0 saturated heterocycles. The molecule has 24 heavy (non-hydrogen) atoms. The summed E-state index contributed by atoms with van der Waals surface area (Å²) in [6.45, 7) is 0.542. The molecule has 3 aromatic carbocycles. The van der Waals surface area contributed by atoms with E-state index in [1.807, 2.05) is 12.1 Å². The van der Waals surface area contributed by atoms with Gasteiger partial charge in [-0.2, -0.15) is 0 Å². The zero-order chi connectivity index (χ0) is 17.4. The van der Waals surface area contributed by atoms with E-state index in [0.717, 1.165) is 36.4 Å². The van der Waals surface area contributed by atoms with Crippen molar-refractivity contribution in [2.24, 2.45) is 0 Å². The highest BCUT2D eigenvalue weighted by Gasteiger charge is 2.17. The molecule has 0 fully saturated rings. The molecule has 0 radical (unpaired) electrons.